The van der Waals surface area contributed by atoms with Crippen molar-refractivity contribution in [3.8, 4) is 22.8 Å². The number of anilines is 1. The van der Waals surface area contributed by atoms with E-state index in [2.05, 4.69) is 4.98 Å². The zero-order chi connectivity index (χ0) is 12.4. The van der Waals surface area contributed by atoms with Gasteiger partial charge in [-0.25, -0.2) is 0 Å². The van der Waals surface area contributed by atoms with Crippen molar-refractivity contribution in [1.29, 1.82) is 0 Å². The lowest BCUT2D eigenvalue weighted by Gasteiger charge is -2.08. The molecule has 0 unspecified atom stereocenters. The maximum Gasteiger partial charge on any atom is 0.292 e. The second-order valence-electron chi connectivity index (χ2n) is 3.53. The number of nitrogen functional groups attached to an aromatic ring is 1. The Labute approximate surface area is 99.2 Å². The van der Waals surface area contributed by atoms with E-state index in [-0.39, 0.29) is 6.01 Å². The molecule has 2 aromatic rings. The van der Waals surface area contributed by atoms with Gasteiger partial charge in [0, 0.05) is 0 Å². The largest absolute Gasteiger partial charge is 0.497 e. The van der Waals surface area contributed by atoms with Crippen molar-refractivity contribution in [3.05, 3.63) is 23.9 Å². The van der Waals surface area contributed by atoms with Crippen LogP contribution in [-0.4, -0.2) is 19.2 Å². The molecule has 90 valence electrons. The Balaban J connectivity index is 2.59. The fraction of sp³-hybridized carbons (Fsp3) is 0.250. The summed E-state index contributed by atoms with van der Waals surface area (Å²) < 4.78 is 15.8. The van der Waals surface area contributed by atoms with E-state index in [0.29, 0.717) is 17.2 Å². The maximum atomic E-state index is 5.53. The van der Waals surface area contributed by atoms with Crippen molar-refractivity contribution in [1.82, 2.24) is 4.98 Å². The number of nitrogens with two attached hydrogens (primary N) is 1. The predicted molar refractivity (Wildman–Crippen MR) is 64.2 cm³/mol. The van der Waals surface area contributed by atoms with Gasteiger partial charge in [0.15, 0.2) is 5.76 Å². The van der Waals surface area contributed by atoms with Crippen LogP contribution in [0.3, 0.4) is 0 Å². The summed E-state index contributed by atoms with van der Waals surface area (Å²) in [6, 6.07) is 5.59. The second-order valence-corrected chi connectivity index (χ2v) is 3.53. The Morgan fingerprint density at radius 2 is 2.00 bits per heavy atom. The highest BCUT2D eigenvalue weighted by molar-refractivity contribution is 5.70. The molecule has 0 atom stereocenters. The number of nitrogens with zero attached hydrogens (tertiary/aromatic N) is 1. The standard InChI is InChI=1S/C12H14N2O3/c1-7-11(17-12(13)14-7)9-6-8(15-2)4-5-10(9)16-3/h4-6H,1-3H3,(H2,13,14). The molecule has 0 aliphatic carbocycles. The van der Waals surface area contributed by atoms with E-state index in [0.717, 1.165) is 11.3 Å². The highest BCUT2D eigenvalue weighted by Crippen LogP contribution is 2.35. The van der Waals surface area contributed by atoms with Gasteiger partial charge in [0.2, 0.25) is 0 Å². The second kappa shape index (κ2) is 4.37. The van der Waals surface area contributed by atoms with Gasteiger partial charge >= 0.3 is 0 Å². The monoisotopic (exact) mass is 234 g/mol. The number of hydrogen-bond acceptors (Lipinski definition) is 5. The molecule has 0 saturated heterocycles. The normalized spacial score (nSPS) is 10.3. The van der Waals surface area contributed by atoms with Crippen molar-refractivity contribution < 1.29 is 13.9 Å². The number of ether oxygens (including phenoxy) is 2. The average Bonchev–Trinajstić information content (AvgIpc) is 2.67. The van der Waals surface area contributed by atoms with E-state index in [1.165, 1.54) is 0 Å². The van der Waals surface area contributed by atoms with Gasteiger partial charge in [-0.3, -0.25) is 0 Å². The van der Waals surface area contributed by atoms with E-state index < -0.39 is 0 Å². The van der Waals surface area contributed by atoms with Gasteiger partial charge in [-0.15, -0.1) is 0 Å². The van der Waals surface area contributed by atoms with Gasteiger partial charge in [-0.1, -0.05) is 0 Å². The van der Waals surface area contributed by atoms with Gasteiger partial charge in [-0.2, -0.15) is 4.98 Å². The Kier molecular flexibility index (Phi) is 2.91. The van der Waals surface area contributed by atoms with Gasteiger partial charge in [0.05, 0.1) is 25.5 Å². The summed E-state index contributed by atoms with van der Waals surface area (Å²) in [4.78, 5) is 4.03. The molecule has 5 nitrogen and oxygen atoms in total. The first-order chi connectivity index (χ1) is 8.15. The van der Waals surface area contributed by atoms with Gasteiger partial charge in [0.25, 0.3) is 6.01 Å². The number of aromatic nitrogens is 1. The molecule has 2 N–H and O–H groups in total. The summed E-state index contributed by atoms with van der Waals surface area (Å²) in [6.45, 7) is 1.83. The van der Waals surface area contributed by atoms with Crippen molar-refractivity contribution in [3.63, 3.8) is 0 Å². The molecular weight excluding hydrogens is 220 g/mol. The molecule has 2 rings (SSSR count). The minimum Gasteiger partial charge on any atom is -0.497 e. The number of methoxy groups -OCH3 is 2. The van der Waals surface area contributed by atoms with E-state index in [1.54, 1.807) is 14.2 Å². The Morgan fingerprint density at radius 3 is 2.53 bits per heavy atom. The molecular formula is C12H14N2O3. The lowest BCUT2D eigenvalue weighted by atomic mass is 10.1. The van der Waals surface area contributed by atoms with Crippen LogP contribution in [0.25, 0.3) is 11.3 Å². The van der Waals surface area contributed by atoms with Crippen LogP contribution in [-0.2, 0) is 0 Å². The van der Waals surface area contributed by atoms with Gasteiger partial charge < -0.3 is 19.6 Å². The zero-order valence-corrected chi connectivity index (χ0v) is 9.98. The average molecular weight is 234 g/mol. The first kappa shape index (κ1) is 11.3. The van der Waals surface area contributed by atoms with Crippen molar-refractivity contribution in [2.24, 2.45) is 0 Å². The fourth-order valence-corrected chi connectivity index (χ4v) is 1.66. The van der Waals surface area contributed by atoms with Crippen LogP contribution in [0.5, 0.6) is 11.5 Å². The van der Waals surface area contributed by atoms with E-state index in [4.69, 9.17) is 19.6 Å². The van der Waals surface area contributed by atoms with Gasteiger partial charge in [0.1, 0.15) is 11.5 Å². The van der Waals surface area contributed by atoms with Crippen LogP contribution in [0, 0.1) is 6.92 Å². The highest BCUT2D eigenvalue weighted by Gasteiger charge is 2.15. The number of benzene rings is 1. The topological polar surface area (TPSA) is 70.5 Å². The predicted octanol–water partition coefficient (Wildman–Crippen LogP) is 2.25. The van der Waals surface area contributed by atoms with Crippen LogP contribution < -0.4 is 15.2 Å². The Bertz CT molecular complexity index is 535. The molecule has 0 aliphatic rings. The highest BCUT2D eigenvalue weighted by atomic mass is 16.5. The molecule has 0 saturated carbocycles. The molecule has 1 heterocycles. The smallest absolute Gasteiger partial charge is 0.292 e. The summed E-state index contributed by atoms with van der Waals surface area (Å²) in [6.07, 6.45) is 0. The van der Waals surface area contributed by atoms with Crippen molar-refractivity contribution in [2.75, 3.05) is 20.0 Å². The first-order valence-corrected chi connectivity index (χ1v) is 5.11. The Morgan fingerprint density at radius 1 is 1.24 bits per heavy atom. The summed E-state index contributed by atoms with van der Waals surface area (Å²) in [7, 11) is 3.20. The van der Waals surface area contributed by atoms with Crippen LogP contribution in [0.15, 0.2) is 22.6 Å². The van der Waals surface area contributed by atoms with Crippen LogP contribution in [0.1, 0.15) is 5.69 Å². The molecule has 17 heavy (non-hydrogen) atoms. The number of oxazole rings is 1. The van der Waals surface area contributed by atoms with Crippen molar-refractivity contribution >= 4 is 6.01 Å². The van der Waals surface area contributed by atoms with Crippen LogP contribution >= 0.6 is 0 Å². The molecule has 1 aromatic heterocycles. The molecule has 0 aliphatic heterocycles. The first-order valence-electron chi connectivity index (χ1n) is 5.11. The lowest BCUT2D eigenvalue weighted by molar-refractivity contribution is 0.403. The van der Waals surface area contributed by atoms with Crippen LogP contribution in [0.2, 0.25) is 0 Å². The third-order valence-corrected chi connectivity index (χ3v) is 2.46. The quantitative estimate of drug-likeness (QED) is 0.881. The molecule has 0 spiro atoms. The van der Waals surface area contributed by atoms with E-state index >= 15 is 0 Å². The zero-order valence-electron chi connectivity index (χ0n) is 9.98. The third-order valence-electron chi connectivity index (χ3n) is 2.46. The van der Waals surface area contributed by atoms with Gasteiger partial charge in [-0.05, 0) is 25.1 Å². The fourth-order valence-electron chi connectivity index (χ4n) is 1.66. The summed E-state index contributed by atoms with van der Waals surface area (Å²) in [5.74, 6) is 2.00. The summed E-state index contributed by atoms with van der Waals surface area (Å²) in [5.41, 5.74) is 7.02. The molecule has 0 radical (unpaired) electrons. The lowest BCUT2D eigenvalue weighted by Crippen LogP contribution is -1.90. The third kappa shape index (κ3) is 2.04. The molecule has 0 amide bonds. The minimum absolute atomic E-state index is 0.141. The molecule has 0 fully saturated rings. The minimum atomic E-state index is 0.141. The number of aryl methyl sites for hydroxylation is 1. The molecule has 1 aromatic carbocycles. The summed E-state index contributed by atoms with van der Waals surface area (Å²) in [5, 5.41) is 0. The summed E-state index contributed by atoms with van der Waals surface area (Å²) >= 11 is 0. The number of rotatable bonds is 3. The molecule has 0 bridgehead atoms. The number of hydrogen-bond donors (Lipinski definition) is 1. The molecule has 5 heteroatoms. The van der Waals surface area contributed by atoms with Crippen LogP contribution in [0.4, 0.5) is 6.01 Å². The SMILES string of the molecule is COc1ccc(OC)c(-c2oc(N)nc2C)c1. The van der Waals surface area contributed by atoms with Crippen molar-refractivity contribution in [2.45, 2.75) is 6.92 Å². The Hall–Kier alpha value is -2.17. The van der Waals surface area contributed by atoms with E-state index in [9.17, 15) is 0 Å². The maximum absolute atomic E-state index is 5.53. The van der Waals surface area contributed by atoms with E-state index in [1.807, 2.05) is 25.1 Å².